The summed E-state index contributed by atoms with van der Waals surface area (Å²) in [4.78, 5) is 1.88. The molecule has 2 rings (SSSR count). The second-order valence-corrected chi connectivity index (χ2v) is 8.02. The van der Waals surface area contributed by atoms with Gasteiger partial charge in [-0.3, -0.25) is 0 Å². The molecule has 0 bridgehead atoms. The summed E-state index contributed by atoms with van der Waals surface area (Å²) in [5.74, 6) is -2.12. The third-order valence-electron chi connectivity index (χ3n) is 5.26. The van der Waals surface area contributed by atoms with E-state index in [1.165, 1.54) is 44.7 Å². The van der Waals surface area contributed by atoms with Crippen LogP contribution in [0.15, 0.2) is 49.2 Å². The van der Waals surface area contributed by atoms with Gasteiger partial charge >= 0.3 is 0 Å². The Hall–Kier alpha value is -2.60. The van der Waals surface area contributed by atoms with Gasteiger partial charge in [-0.15, -0.1) is 0 Å². The normalized spacial score (nSPS) is 10.2. The first kappa shape index (κ1) is 29.4. The first-order valence-corrected chi connectivity index (χ1v) is 11.6. The number of halogens is 3. The maximum Gasteiger partial charge on any atom is 0.158 e. The molecule has 0 saturated carbocycles. The summed E-state index contributed by atoms with van der Waals surface area (Å²) in [5, 5.41) is 3.15. The highest BCUT2D eigenvalue weighted by Crippen LogP contribution is 2.20. The van der Waals surface area contributed by atoms with E-state index in [2.05, 4.69) is 33.2 Å². The number of unbranched alkanes of at least 4 members (excludes halogenated alkanes) is 2. The van der Waals surface area contributed by atoms with Crippen molar-refractivity contribution in [2.45, 2.75) is 46.5 Å². The Morgan fingerprint density at radius 2 is 1.79 bits per heavy atom. The Morgan fingerprint density at radius 3 is 2.35 bits per heavy atom. The average molecular weight is 469 g/mol. The number of nitrogens with one attached hydrogen (secondary N) is 1. The van der Waals surface area contributed by atoms with Crippen molar-refractivity contribution in [1.29, 1.82) is 0 Å². The zero-order valence-electron chi connectivity index (χ0n) is 20.7. The molecule has 0 fully saturated rings. The molecule has 0 aliphatic heterocycles. The van der Waals surface area contributed by atoms with Crippen LogP contribution in [0.1, 0.15) is 44.2 Å². The largest absolute Gasteiger partial charge is 0.388 e. The third kappa shape index (κ3) is 9.72. The Bertz CT molecular complexity index is 931. The molecule has 8 heteroatoms. The first-order valence-electron chi connectivity index (χ1n) is 11.6. The number of hydrogen-bond acceptors (Lipinski definition) is 3. The van der Waals surface area contributed by atoms with Crippen molar-refractivity contribution in [3.63, 3.8) is 0 Å². The molecule has 0 unspecified atom stereocenters. The van der Waals surface area contributed by atoms with Crippen molar-refractivity contribution in [1.82, 2.24) is 10.2 Å². The minimum absolute atomic E-state index is 0.220. The van der Waals surface area contributed by atoms with E-state index in [9.17, 15) is 13.2 Å². The number of hydrogen-bond donors (Lipinski definition) is 2. The number of nitrogens with zero attached hydrogens (tertiary/aromatic N) is 1. The van der Waals surface area contributed by atoms with Gasteiger partial charge in [0.15, 0.2) is 18.9 Å². The van der Waals surface area contributed by atoms with Crippen LogP contribution in [-0.2, 0) is 6.54 Å². The molecule has 0 heterocycles. The molecule has 0 aliphatic carbocycles. The van der Waals surface area contributed by atoms with E-state index in [1.807, 2.05) is 11.8 Å². The molecule has 2 radical (unpaired) electrons. The van der Waals surface area contributed by atoms with Crippen LogP contribution in [0.4, 0.5) is 13.2 Å². The first-order chi connectivity index (χ1) is 16.2. The lowest BCUT2D eigenvalue weighted by Crippen LogP contribution is -2.24. The monoisotopic (exact) mass is 469 g/mol. The van der Waals surface area contributed by atoms with Crippen molar-refractivity contribution in [3.8, 4) is 0 Å². The van der Waals surface area contributed by atoms with Crippen molar-refractivity contribution < 1.29 is 13.2 Å². The van der Waals surface area contributed by atoms with Crippen LogP contribution in [0.25, 0.3) is 5.70 Å². The molecule has 0 spiro atoms. The predicted octanol–water partition coefficient (Wildman–Crippen LogP) is 3.74. The fourth-order valence-electron chi connectivity index (χ4n) is 3.30. The molecule has 2 aromatic rings. The minimum Gasteiger partial charge on any atom is -0.388 e. The third-order valence-corrected chi connectivity index (χ3v) is 5.26. The van der Waals surface area contributed by atoms with Crippen LogP contribution in [-0.4, -0.2) is 39.7 Å². The summed E-state index contributed by atoms with van der Waals surface area (Å²) in [6.45, 7) is 16.0. The van der Waals surface area contributed by atoms with E-state index in [-0.39, 0.29) is 11.3 Å². The average Bonchev–Trinajstić information content (AvgIpc) is 2.81. The molecule has 34 heavy (non-hydrogen) atoms. The number of benzene rings is 2. The lowest BCUT2D eigenvalue weighted by molar-refractivity contribution is 0.410. The van der Waals surface area contributed by atoms with Gasteiger partial charge in [-0.2, -0.15) is 0 Å². The molecule has 0 aromatic heterocycles. The van der Waals surface area contributed by atoms with Gasteiger partial charge in [0.25, 0.3) is 0 Å². The maximum atomic E-state index is 13.7. The molecule has 3 nitrogen and oxygen atoms in total. The Kier molecular flexibility index (Phi) is 13.3. The number of nitrogens with two attached hydrogens (primary N) is 1. The Labute approximate surface area is 205 Å². The summed E-state index contributed by atoms with van der Waals surface area (Å²) in [7, 11) is 5.27. The van der Waals surface area contributed by atoms with E-state index < -0.39 is 11.6 Å². The molecule has 3 N–H and O–H groups in total. The molecule has 0 saturated heterocycles. The van der Waals surface area contributed by atoms with Gasteiger partial charge in [0, 0.05) is 37.6 Å². The van der Waals surface area contributed by atoms with Crippen LogP contribution in [0.3, 0.4) is 0 Å². The van der Waals surface area contributed by atoms with Gasteiger partial charge in [-0.1, -0.05) is 57.3 Å². The van der Waals surface area contributed by atoms with Gasteiger partial charge in [0.2, 0.25) is 0 Å². The van der Waals surface area contributed by atoms with Gasteiger partial charge < -0.3 is 16.0 Å². The highest BCUT2D eigenvalue weighted by molar-refractivity contribution is 6.52. The summed E-state index contributed by atoms with van der Waals surface area (Å²) in [6, 6.07) is 7.25. The highest BCUT2D eigenvalue weighted by Gasteiger charge is 2.14. The van der Waals surface area contributed by atoms with E-state index in [4.69, 9.17) is 5.73 Å². The SMILES string of the molecule is C=C(CN)NCCCCC.[BH]c1cc(F)cc(C(=C)N(CC)Cc2cc(F)c(F)c([B]C)c2)c1. The lowest BCUT2D eigenvalue weighted by Gasteiger charge is -2.26. The smallest absolute Gasteiger partial charge is 0.158 e. The quantitative estimate of drug-likeness (QED) is 0.368. The molecule has 2 aromatic carbocycles. The Morgan fingerprint density at radius 1 is 1.09 bits per heavy atom. The van der Waals surface area contributed by atoms with Gasteiger partial charge in [0.1, 0.15) is 13.7 Å². The van der Waals surface area contributed by atoms with Crippen molar-refractivity contribution >= 4 is 31.7 Å². The van der Waals surface area contributed by atoms with Gasteiger partial charge in [-0.05, 0) is 48.1 Å². The maximum absolute atomic E-state index is 13.7. The summed E-state index contributed by atoms with van der Waals surface area (Å²) >= 11 is 0. The fourth-order valence-corrected chi connectivity index (χ4v) is 3.30. The molecular weight excluding hydrogens is 433 g/mol. The molecule has 0 atom stereocenters. The summed E-state index contributed by atoms with van der Waals surface area (Å²) in [5.41, 5.74) is 8.88. The summed E-state index contributed by atoms with van der Waals surface area (Å²) in [6.07, 6.45) is 3.76. The van der Waals surface area contributed by atoms with Crippen LogP contribution >= 0.6 is 0 Å². The molecule has 182 valence electrons. The fraction of sp³-hybridized carbons (Fsp3) is 0.385. The molecule has 0 amide bonds. The summed E-state index contributed by atoms with van der Waals surface area (Å²) < 4.78 is 40.9. The van der Waals surface area contributed by atoms with Gasteiger partial charge in [0.05, 0.1) is 0 Å². The molecular formula is C26H36B2F3N3. The van der Waals surface area contributed by atoms with Gasteiger partial charge in [-0.25, -0.2) is 13.2 Å². The zero-order chi connectivity index (χ0) is 25.7. The van der Waals surface area contributed by atoms with E-state index >= 15 is 0 Å². The second kappa shape index (κ2) is 15.3. The van der Waals surface area contributed by atoms with Crippen LogP contribution in [0, 0.1) is 17.5 Å². The van der Waals surface area contributed by atoms with E-state index in [0.29, 0.717) is 41.9 Å². The van der Waals surface area contributed by atoms with E-state index in [1.54, 1.807) is 19.0 Å². The standard InChI is InChI=1S/C18H18B2F3N.C8H18N2/c1-4-24(11(2)13-7-14(19)9-15(21)8-13)10-12-5-16(20-3)18(23)17(22)6-12;1-3-4-5-6-10-8(2)7-9/h5-9,19H,2,4,10H2,1,3H3;10H,2-7,9H2,1H3. The van der Waals surface area contributed by atoms with E-state index in [0.717, 1.165) is 12.2 Å². The Balaban J connectivity index is 0.000000489. The minimum atomic E-state index is -0.881. The van der Waals surface area contributed by atoms with Crippen LogP contribution in [0.5, 0.6) is 0 Å². The highest BCUT2D eigenvalue weighted by atomic mass is 19.2. The predicted molar refractivity (Wildman–Crippen MR) is 142 cm³/mol. The second-order valence-electron chi connectivity index (χ2n) is 8.02. The van der Waals surface area contributed by atoms with Crippen LogP contribution < -0.4 is 22.0 Å². The number of rotatable bonds is 12. The molecule has 0 aliphatic rings. The zero-order valence-corrected chi connectivity index (χ0v) is 20.7. The van der Waals surface area contributed by atoms with Crippen LogP contribution in [0.2, 0.25) is 6.82 Å². The van der Waals surface area contributed by atoms with Crippen molar-refractivity contribution in [3.05, 3.63) is 77.8 Å². The van der Waals surface area contributed by atoms with Crippen molar-refractivity contribution in [2.75, 3.05) is 19.6 Å². The lowest BCUT2D eigenvalue weighted by atomic mass is 9.72. The topological polar surface area (TPSA) is 41.3 Å². The van der Waals surface area contributed by atoms with Crippen molar-refractivity contribution in [2.24, 2.45) is 5.73 Å².